The fourth-order valence-corrected chi connectivity index (χ4v) is 2.03. The molecule has 0 unspecified atom stereocenters. The van der Waals surface area contributed by atoms with Crippen molar-refractivity contribution in [2.75, 3.05) is 6.61 Å². The summed E-state index contributed by atoms with van der Waals surface area (Å²) >= 11 is 0. The first-order valence-corrected chi connectivity index (χ1v) is 6.54. The van der Waals surface area contributed by atoms with E-state index in [1.165, 1.54) is 0 Å². The van der Waals surface area contributed by atoms with Gasteiger partial charge in [0.1, 0.15) is 23.5 Å². The molecular formula is C15H17NO4. The summed E-state index contributed by atoms with van der Waals surface area (Å²) in [5.74, 6) is -0.111. The molecule has 2 aromatic rings. The van der Waals surface area contributed by atoms with E-state index in [2.05, 4.69) is 5.16 Å². The molecule has 0 atom stereocenters. The number of fused-ring (bicyclic) bond motifs is 1. The maximum atomic E-state index is 12.1. The van der Waals surface area contributed by atoms with Crippen LogP contribution in [0.2, 0.25) is 0 Å². The molecule has 0 radical (unpaired) electrons. The summed E-state index contributed by atoms with van der Waals surface area (Å²) in [6.45, 7) is 5.84. The van der Waals surface area contributed by atoms with E-state index in [0.29, 0.717) is 29.7 Å². The van der Waals surface area contributed by atoms with Gasteiger partial charge in [-0.15, -0.1) is 0 Å². The largest absolute Gasteiger partial charge is 0.506 e. The van der Waals surface area contributed by atoms with Crippen LogP contribution >= 0.6 is 0 Å². The average molecular weight is 275 g/mol. The summed E-state index contributed by atoms with van der Waals surface area (Å²) in [5, 5.41) is 14.7. The summed E-state index contributed by atoms with van der Waals surface area (Å²) in [6.07, 6.45) is 0.454. The Hall–Kier alpha value is -2.30. The standard InChI is InChI=1S/C15H17NO4/c1-4-11(16-19-5-2)12-13(17)10-8-6-7-9(3)14(10)20-15(12)18/h6-8,17H,4-5H2,1-3H3. The number of nitrogens with zero attached hydrogens (tertiary/aromatic N) is 1. The quantitative estimate of drug-likeness (QED) is 0.529. The van der Waals surface area contributed by atoms with Crippen LogP contribution in [0.4, 0.5) is 0 Å². The van der Waals surface area contributed by atoms with Crippen molar-refractivity contribution in [3.05, 3.63) is 39.7 Å². The van der Waals surface area contributed by atoms with Gasteiger partial charge in [0.05, 0.1) is 11.1 Å². The van der Waals surface area contributed by atoms with Gasteiger partial charge in [0, 0.05) is 0 Å². The van der Waals surface area contributed by atoms with Crippen molar-refractivity contribution < 1.29 is 14.4 Å². The molecule has 2 rings (SSSR count). The summed E-state index contributed by atoms with van der Waals surface area (Å²) in [5.41, 5.74) is 1.03. The third kappa shape index (κ3) is 2.39. The Morgan fingerprint density at radius 1 is 1.40 bits per heavy atom. The molecule has 0 fully saturated rings. The van der Waals surface area contributed by atoms with Gasteiger partial charge in [0.15, 0.2) is 0 Å². The molecule has 1 N–H and O–H groups in total. The zero-order valence-corrected chi connectivity index (χ0v) is 11.8. The van der Waals surface area contributed by atoms with E-state index in [9.17, 15) is 9.90 Å². The molecule has 106 valence electrons. The summed E-state index contributed by atoms with van der Waals surface area (Å²) in [6, 6.07) is 5.32. The molecule has 1 aromatic carbocycles. The van der Waals surface area contributed by atoms with E-state index in [-0.39, 0.29) is 11.3 Å². The van der Waals surface area contributed by atoms with Crippen molar-refractivity contribution in [3.8, 4) is 5.75 Å². The van der Waals surface area contributed by atoms with Gasteiger partial charge in [-0.2, -0.15) is 0 Å². The van der Waals surface area contributed by atoms with Crippen molar-refractivity contribution in [2.45, 2.75) is 27.2 Å². The second kappa shape index (κ2) is 5.77. The van der Waals surface area contributed by atoms with Gasteiger partial charge >= 0.3 is 5.63 Å². The summed E-state index contributed by atoms with van der Waals surface area (Å²) in [7, 11) is 0. The number of aryl methyl sites for hydroxylation is 1. The first-order valence-electron chi connectivity index (χ1n) is 6.54. The van der Waals surface area contributed by atoms with Gasteiger partial charge < -0.3 is 14.4 Å². The fraction of sp³-hybridized carbons (Fsp3) is 0.333. The minimum atomic E-state index is -0.607. The van der Waals surface area contributed by atoms with E-state index >= 15 is 0 Å². The van der Waals surface area contributed by atoms with Crippen molar-refractivity contribution >= 4 is 16.7 Å². The predicted molar refractivity (Wildman–Crippen MR) is 77.3 cm³/mol. The van der Waals surface area contributed by atoms with Crippen molar-refractivity contribution in [2.24, 2.45) is 5.16 Å². The summed E-state index contributed by atoms with van der Waals surface area (Å²) < 4.78 is 5.32. The second-order valence-electron chi connectivity index (χ2n) is 4.37. The van der Waals surface area contributed by atoms with Gasteiger partial charge in [-0.25, -0.2) is 4.79 Å². The van der Waals surface area contributed by atoms with Crippen LogP contribution in [0.5, 0.6) is 5.75 Å². The monoisotopic (exact) mass is 275 g/mol. The second-order valence-corrected chi connectivity index (χ2v) is 4.37. The predicted octanol–water partition coefficient (Wildman–Crippen LogP) is 2.96. The summed E-state index contributed by atoms with van der Waals surface area (Å²) in [4.78, 5) is 17.1. The van der Waals surface area contributed by atoms with Crippen LogP contribution in [0.3, 0.4) is 0 Å². The van der Waals surface area contributed by atoms with Gasteiger partial charge in [0.25, 0.3) is 0 Å². The molecular weight excluding hydrogens is 258 g/mol. The van der Waals surface area contributed by atoms with E-state index in [1.54, 1.807) is 19.1 Å². The molecule has 0 spiro atoms. The Bertz CT molecular complexity index is 716. The number of benzene rings is 1. The van der Waals surface area contributed by atoms with Gasteiger partial charge in [-0.3, -0.25) is 0 Å². The van der Waals surface area contributed by atoms with Crippen LogP contribution < -0.4 is 5.63 Å². The van der Waals surface area contributed by atoms with Crippen LogP contribution in [0.25, 0.3) is 11.0 Å². The first-order chi connectivity index (χ1) is 9.60. The SMILES string of the molecule is CCON=C(CC)c1c(O)c2cccc(C)c2oc1=O. The lowest BCUT2D eigenvalue weighted by Crippen LogP contribution is -2.15. The van der Waals surface area contributed by atoms with Crippen molar-refractivity contribution in [3.63, 3.8) is 0 Å². The van der Waals surface area contributed by atoms with Crippen LogP contribution in [-0.2, 0) is 4.84 Å². The number of oxime groups is 1. The number of hydrogen-bond acceptors (Lipinski definition) is 5. The molecule has 1 heterocycles. The Balaban J connectivity index is 2.75. The number of para-hydroxylation sites is 1. The Kier molecular flexibility index (Phi) is 4.08. The van der Waals surface area contributed by atoms with E-state index in [4.69, 9.17) is 9.25 Å². The van der Waals surface area contributed by atoms with Crippen LogP contribution in [-0.4, -0.2) is 17.4 Å². The molecule has 0 amide bonds. The lowest BCUT2D eigenvalue weighted by atomic mass is 10.0. The molecule has 0 aliphatic heterocycles. The minimum Gasteiger partial charge on any atom is -0.506 e. The molecule has 0 aliphatic carbocycles. The normalized spacial score (nSPS) is 11.8. The topological polar surface area (TPSA) is 72.0 Å². The van der Waals surface area contributed by atoms with E-state index in [1.807, 2.05) is 19.9 Å². The van der Waals surface area contributed by atoms with E-state index in [0.717, 1.165) is 5.56 Å². The minimum absolute atomic E-state index is 0.0686. The zero-order chi connectivity index (χ0) is 14.7. The maximum absolute atomic E-state index is 12.1. The first kappa shape index (κ1) is 14.1. The van der Waals surface area contributed by atoms with E-state index < -0.39 is 5.63 Å². The fourth-order valence-electron chi connectivity index (χ4n) is 2.03. The van der Waals surface area contributed by atoms with Crippen molar-refractivity contribution in [1.29, 1.82) is 0 Å². The highest BCUT2D eigenvalue weighted by Gasteiger charge is 2.19. The number of hydrogen-bond donors (Lipinski definition) is 1. The van der Waals surface area contributed by atoms with Gasteiger partial charge in [0.2, 0.25) is 0 Å². The molecule has 0 aliphatic rings. The molecule has 5 heteroatoms. The van der Waals surface area contributed by atoms with Gasteiger partial charge in [-0.1, -0.05) is 24.2 Å². The lowest BCUT2D eigenvalue weighted by Gasteiger charge is -2.08. The highest BCUT2D eigenvalue weighted by molar-refractivity contribution is 6.05. The molecule has 20 heavy (non-hydrogen) atoms. The molecule has 5 nitrogen and oxygen atoms in total. The zero-order valence-electron chi connectivity index (χ0n) is 11.8. The smallest absolute Gasteiger partial charge is 0.349 e. The van der Waals surface area contributed by atoms with Crippen LogP contribution in [0, 0.1) is 6.92 Å². The number of aromatic hydroxyl groups is 1. The highest BCUT2D eigenvalue weighted by Crippen LogP contribution is 2.29. The van der Waals surface area contributed by atoms with Crippen LogP contribution in [0.15, 0.2) is 32.6 Å². The molecule has 0 saturated carbocycles. The Morgan fingerprint density at radius 3 is 2.80 bits per heavy atom. The Morgan fingerprint density at radius 2 is 2.15 bits per heavy atom. The van der Waals surface area contributed by atoms with Gasteiger partial charge in [-0.05, 0) is 31.9 Å². The average Bonchev–Trinajstić information content (AvgIpc) is 2.43. The number of rotatable bonds is 4. The molecule has 0 saturated heterocycles. The third-order valence-electron chi connectivity index (χ3n) is 3.03. The lowest BCUT2D eigenvalue weighted by molar-refractivity contribution is 0.158. The molecule has 0 bridgehead atoms. The van der Waals surface area contributed by atoms with Crippen molar-refractivity contribution in [1.82, 2.24) is 0 Å². The molecule has 1 aromatic heterocycles. The maximum Gasteiger partial charge on any atom is 0.349 e. The van der Waals surface area contributed by atoms with Crippen LogP contribution in [0.1, 0.15) is 31.4 Å². The Labute approximate surface area is 116 Å². The highest BCUT2D eigenvalue weighted by atomic mass is 16.6. The third-order valence-corrected chi connectivity index (χ3v) is 3.03.